The van der Waals surface area contributed by atoms with E-state index in [1.54, 1.807) is 14.2 Å². The van der Waals surface area contributed by atoms with Crippen molar-refractivity contribution in [3.05, 3.63) is 108 Å². The molecule has 0 atom stereocenters. The van der Waals surface area contributed by atoms with Crippen molar-refractivity contribution >= 4 is 33.4 Å². The average molecular weight is 589 g/mol. The first kappa shape index (κ1) is 30.9. The molecule has 0 unspecified atom stereocenters. The van der Waals surface area contributed by atoms with Gasteiger partial charge in [-0.25, -0.2) is 0 Å². The molecule has 6 heteroatoms. The maximum atomic E-state index is 12.5. The number of nitrogens with one attached hydrogen (secondary N) is 2. The molecule has 2 N–H and O–H groups in total. The molecule has 0 spiro atoms. The monoisotopic (exact) mass is 588 g/mol. The summed E-state index contributed by atoms with van der Waals surface area (Å²) in [4.78, 5) is 25.0. The van der Waals surface area contributed by atoms with Gasteiger partial charge in [0.2, 0.25) is 11.8 Å². The second-order valence-corrected chi connectivity index (χ2v) is 10.9. The van der Waals surface area contributed by atoms with Gasteiger partial charge >= 0.3 is 0 Å². The normalized spacial score (nSPS) is 11.1. The van der Waals surface area contributed by atoms with E-state index >= 15 is 0 Å². The number of fused-ring (bicyclic) bond motifs is 2. The Hall–Kier alpha value is -4.52. The molecule has 0 saturated carbocycles. The van der Waals surface area contributed by atoms with Crippen molar-refractivity contribution < 1.29 is 19.1 Å². The number of benzene rings is 5. The van der Waals surface area contributed by atoms with E-state index in [2.05, 4.69) is 108 Å². The van der Waals surface area contributed by atoms with Crippen LogP contribution in [0, 0.1) is 0 Å². The van der Waals surface area contributed by atoms with Crippen LogP contribution in [0.2, 0.25) is 0 Å². The number of aryl methyl sites for hydroxylation is 2. The molecule has 2 amide bonds. The lowest BCUT2D eigenvalue weighted by molar-refractivity contribution is -0.122. The number of carbonyl (C=O) groups is 2. The van der Waals surface area contributed by atoms with Gasteiger partial charge < -0.3 is 20.1 Å². The van der Waals surface area contributed by atoms with E-state index in [1.807, 2.05) is 0 Å². The van der Waals surface area contributed by atoms with Crippen LogP contribution in [0.25, 0.3) is 43.8 Å². The highest BCUT2D eigenvalue weighted by Crippen LogP contribution is 2.37. The Labute approximate surface area is 259 Å². The molecule has 0 fully saturated rings. The third kappa shape index (κ3) is 7.51. The molecule has 5 rings (SSSR count). The minimum absolute atomic E-state index is 0.0207. The Kier molecular flexibility index (Phi) is 10.7. The average Bonchev–Trinajstić information content (AvgIpc) is 3.06. The zero-order chi connectivity index (χ0) is 30.7. The van der Waals surface area contributed by atoms with Crippen LogP contribution in [0.4, 0.5) is 0 Å². The third-order valence-corrected chi connectivity index (χ3v) is 7.99. The van der Waals surface area contributed by atoms with Crippen LogP contribution in [0.1, 0.15) is 24.0 Å². The summed E-state index contributed by atoms with van der Waals surface area (Å²) in [5.74, 6) is 0.0414. The topological polar surface area (TPSA) is 76.7 Å². The van der Waals surface area contributed by atoms with E-state index in [4.69, 9.17) is 9.47 Å². The van der Waals surface area contributed by atoms with Crippen LogP contribution in [0.5, 0.6) is 0 Å². The van der Waals surface area contributed by atoms with Crippen molar-refractivity contribution in [2.75, 3.05) is 40.5 Å². The number of carbonyl (C=O) groups excluding carboxylic acids is 2. The highest BCUT2D eigenvalue weighted by atomic mass is 16.5. The molecule has 0 aliphatic rings. The molecule has 0 heterocycles. The van der Waals surface area contributed by atoms with Gasteiger partial charge in [-0.3, -0.25) is 9.59 Å². The molecule has 6 nitrogen and oxygen atoms in total. The Morgan fingerprint density at radius 2 is 0.955 bits per heavy atom. The van der Waals surface area contributed by atoms with Crippen molar-refractivity contribution in [3.8, 4) is 22.3 Å². The van der Waals surface area contributed by atoms with Gasteiger partial charge in [0.25, 0.3) is 0 Å². The quantitative estimate of drug-likeness (QED) is 0.141. The van der Waals surface area contributed by atoms with Crippen molar-refractivity contribution in [2.24, 2.45) is 0 Å². The van der Waals surface area contributed by atoms with E-state index in [9.17, 15) is 9.59 Å². The summed E-state index contributed by atoms with van der Waals surface area (Å²) < 4.78 is 10.1. The lowest BCUT2D eigenvalue weighted by atomic mass is 9.88. The lowest BCUT2D eigenvalue weighted by Gasteiger charge is -2.17. The number of hydrogen-bond donors (Lipinski definition) is 2. The van der Waals surface area contributed by atoms with Crippen molar-refractivity contribution in [1.82, 2.24) is 10.6 Å². The summed E-state index contributed by atoms with van der Waals surface area (Å²) in [7, 11) is 3.26. The summed E-state index contributed by atoms with van der Waals surface area (Å²) in [6.07, 6.45) is 2.10. The highest BCUT2D eigenvalue weighted by Gasteiger charge is 2.15. The van der Waals surface area contributed by atoms with Gasteiger partial charge in [-0.05, 0) is 67.8 Å². The fourth-order valence-electron chi connectivity index (χ4n) is 5.79. The molecule has 0 aliphatic heterocycles. The van der Waals surface area contributed by atoms with E-state index < -0.39 is 0 Å². The van der Waals surface area contributed by atoms with Crippen LogP contribution < -0.4 is 10.6 Å². The molecular weight excluding hydrogens is 548 g/mol. The maximum absolute atomic E-state index is 12.5. The molecule has 44 heavy (non-hydrogen) atoms. The predicted octanol–water partition coefficient (Wildman–Crippen LogP) is 6.72. The van der Waals surface area contributed by atoms with Gasteiger partial charge in [0.05, 0.1) is 13.2 Å². The highest BCUT2D eigenvalue weighted by molar-refractivity contribution is 6.01. The largest absolute Gasteiger partial charge is 0.383 e. The van der Waals surface area contributed by atoms with E-state index in [-0.39, 0.29) is 11.8 Å². The molecule has 0 bridgehead atoms. The number of hydrogen-bond acceptors (Lipinski definition) is 4. The first-order chi connectivity index (χ1) is 21.6. The Bertz CT molecular complexity index is 1600. The van der Waals surface area contributed by atoms with Gasteiger partial charge in [0, 0.05) is 40.2 Å². The molecule has 5 aromatic carbocycles. The summed E-state index contributed by atoms with van der Waals surface area (Å²) in [5.41, 5.74) is 6.82. The minimum Gasteiger partial charge on any atom is -0.383 e. The smallest absolute Gasteiger partial charge is 0.220 e. The number of ether oxygens (including phenoxy) is 2. The molecule has 0 radical (unpaired) electrons. The van der Waals surface area contributed by atoms with Crippen LogP contribution >= 0.6 is 0 Å². The van der Waals surface area contributed by atoms with E-state index in [1.165, 1.54) is 21.5 Å². The Balaban J connectivity index is 1.47. The molecule has 5 aromatic rings. The van der Waals surface area contributed by atoms with E-state index in [0.717, 1.165) is 33.4 Å². The van der Waals surface area contributed by atoms with Crippen molar-refractivity contribution in [3.63, 3.8) is 0 Å². The maximum Gasteiger partial charge on any atom is 0.220 e. The third-order valence-electron chi connectivity index (χ3n) is 7.99. The second kappa shape index (κ2) is 15.3. The lowest BCUT2D eigenvalue weighted by Crippen LogP contribution is -2.27. The van der Waals surface area contributed by atoms with Crippen molar-refractivity contribution in [1.29, 1.82) is 0 Å². The predicted molar refractivity (Wildman–Crippen MR) is 179 cm³/mol. The van der Waals surface area contributed by atoms with Gasteiger partial charge in [-0.15, -0.1) is 0 Å². The van der Waals surface area contributed by atoms with Gasteiger partial charge in [0.15, 0.2) is 0 Å². The van der Waals surface area contributed by atoms with Crippen LogP contribution in [0.3, 0.4) is 0 Å². The SMILES string of the molecule is COCCNC(=O)CCc1ccc2ccccc2c1-c1ccc(-c2c(CCC(=O)NCCOC)ccc3ccccc23)cc1. The molecular formula is C38H40N2O4. The van der Waals surface area contributed by atoms with Gasteiger partial charge in [-0.1, -0.05) is 97.1 Å². The zero-order valence-electron chi connectivity index (χ0n) is 25.5. The first-order valence-corrected chi connectivity index (χ1v) is 15.2. The van der Waals surface area contributed by atoms with Crippen LogP contribution in [-0.4, -0.2) is 52.3 Å². The van der Waals surface area contributed by atoms with E-state index in [0.29, 0.717) is 52.0 Å². The van der Waals surface area contributed by atoms with Gasteiger partial charge in [-0.2, -0.15) is 0 Å². The summed E-state index contributed by atoms with van der Waals surface area (Å²) in [6.45, 7) is 2.02. The standard InChI is InChI=1S/C38H40N2O4/c1-43-25-23-39-35(41)21-19-31-13-11-27-7-3-5-9-33(27)37(31)29-15-17-30(18-16-29)38-32(20-22-36(42)40-24-26-44-2)14-12-28-8-4-6-10-34(28)38/h3-18H,19-26H2,1-2H3,(H,39,41)(H,40,42). The molecule has 226 valence electrons. The number of amides is 2. The summed E-state index contributed by atoms with van der Waals surface area (Å²) in [5, 5.41) is 10.5. The van der Waals surface area contributed by atoms with Crippen molar-refractivity contribution in [2.45, 2.75) is 25.7 Å². The zero-order valence-corrected chi connectivity index (χ0v) is 25.5. The number of rotatable bonds is 14. The molecule has 0 aromatic heterocycles. The summed E-state index contributed by atoms with van der Waals surface area (Å²) in [6, 6.07) is 34.1. The Morgan fingerprint density at radius 1 is 0.545 bits per heavy atom. The second-order valence-electron chi connectivity index (χ2n) is 10.9. The summed E-state index contributed by atoms with van der Waals surface area (Å²) >= 11 is 0. The fourth-order valence-corrected chi connectivity index (χ4v) is 5.79. The number of methoxy groups -OCH3 is 2. The molecule has 0 saturated heterocycles. The fraction of sp³-hybridized carbons (Fsp3) is 0.263. The molecule has 0 aliphatic carbocycles. The minimum atomic E-state index is 0.0207. The van der Waals surface area contributed by atoms with Gasteiger partial charge in [0.1, 0.15) is 0 Å². The van der Waals surface area contributed by atoms with Crippen LogP contribution in [-0.2, 0) is 31.9 Å². The Morgan fingerprint density at radius 3 is 1.36 bits per heavy atom. The van der Waals surface area contributed by atoms with Crippen LogP contribution in [0.15, 0.2) is 97.1 Å². The first-order valence-electron chi connectivity index (χ1n) is 15.2.